The fraction of sp³-hybridized carbons (Fsp3) is 0.300. The van der Waals surface area contributed by atoms with Gasteiger partial charge in [-0.2, -0.15) is 4.89 Å². The molecule has 3 heteroatoms. The van der Waals surface area contributed by atoms with Gasteiger partial charge in [0.1, 0.15) is 6.10 Å². The van der Waals surface area contributed by atoms with Crippen molar-refractivity contribution >= 4 is 6.29 Å². The summed E-state index contributed by atoms with van der Waals surface area (Å²) in [5.41, 5.74) is 1.55. The number of hydrogen-bond donors (Lipinski definition) is 0. The molecule has 3 nitrogen and oxygen atoms in total. The normalized spacial score (nSPS) is 20.2. The molecule has 1 heterocycles. The van der Waals surface area contributed by atoms with Gasteiger partial charge in [0, 0.05) is 17.5 Å². The summed E-state index contributed by atoms with van der Waals surface area (Å²) in [4.78, 5) is 20.3. The largest absolute Gasteiger partial charge is 0.337 e. The van der Waals surface area contributed by atoms with Crippen molar-refractivity contribution in [3.63, 3.8) is 0 Å². The van der Waals surface area contributed by atoms with Crippen LogP contribution in [0, 0.1) is 0 Å². The van der Waals surface area contributed by atoms with Crippen LogP contribution in [0.2, 0.25) is 0 Å². The van der Waals surface area contributed by atoms with E-state index in [1.807, 2.05) is 13.0 Å². The van der Waals surface area contributed by atoms with E-state index in [1.54, 1.807) is 18.4 Å². The maximum Gasteiger partial charge on any atom is 0.233 e. The van der Waals surface area contributed by atoms with E-state index in [2.05, 4.69) is 0 Å². The van der Waals surface area contributed by atoms with Gasteiger partial charge in [-0.05, 0) is 13.0 Å². The van der Waals surface area contributed by atoms with Crippen LogP contribution in [0.3, 0.4) is 0 Å². The number of benzene rings is 1. The molecule has 67 valence electrons. The van der Waals surface area contributed by atoms with Crippen molar-refractivity contribution in [2.75, 3.05) is 0 Å². The molecule has 0 amide bonds. The van der Waals surface area contributed by atoms with Crippen LogP contribution in [-0.2, 0) is 16.1 Å². The Labute approximate surface area is 76.2 Å². The molecule has 1 aliphatic heterocycles. The predicted molar refractivity (Wildman–Crippen MR) is 46.1 cm³/mol. The summed E-state index contributed by atoms with van der Waals surface area (Å²) in [7, 11) is 0. The highest BCUT2D eigenvalue weighted by Gasteiger charge is 2.17. The molecule has 0 aromatic heterocycles. The summed E-state index contributed by atoms with van der Waals surface area (Å²) in [6.07, 6.45) is 2.68. The van der Waals surface area contributed by atoms with Crippen LogP contribution in [0.1, 0.15) is 18.1 Å². The quantitative estimate of drug-likeness (QED) is 0.608. The van der Waals surface area contributed by atoms with Gasteiger partial charge in [0.05, 0.1) is 0 Å². The molecule has 1 atom stereocenters. The number of fused-ring (bicyclic) bond motifs is 1. The minimum absolute atomic E-state index is 0.0681. The van der Waals surface area contributed by atoms with Crippen molar-refractivity contribution in [2.24, 2.45) is 0 Å². The first kappa shape index (κ1) is 8.26. The summed E-state index contributed by atoms with van der Waals surface area (Å²) in [6.45, 7) is 1.93. The highest BCUT2D eigenvalue weighted by atomic mass is 17.2. The Morgan fingerprint density at radius 3 is 3.15 bits per heavy atom. The molecule has 1 radical (unpaired) electrons. The second-order valence-electron chi connectivity index (χ2n) is 3.12. The molecule has 0 saturated carbocycles. The van der Waals surface area contributed by atoms with Crippen LogP contribution < -0.4 is 4.89 Å². The first-order valence-corrected chi connectivity index (χ1v) is 4.14. The monoisotopic (exact) mass is 177 g/mol. The fourth-order valence-electron chi connectivity index (χ4n) is 1.34. The standard InChI is InChI=1S/C10H9O3/c1-7-4-9-3-2-8(6-11)5-10(9)13-12-7/h2-3,5,7H,4H2,1H3. The molecule has 0 bridgehead atoms. The Kier molecular flexibility index (Phi) is 2.02. The third-order valence-electron chi connectivity index (χ3n) is 1.99. The van der Waals surface area contributed by atoms with Gasteiger partial charge < -0.3 is 4.89 Å². The topological polar surface area (TPSA) is 35.5 Å². The number of hydrogen-bond acceptors (Lipinski definition) is 3. The lowest BCUT2D eigenvalue weighted by molar-refractivity contribution is -0.249. The van der Waals surface area contributed by atoms with E-state index in [0.717, 1.165) is 12.0 Å². The summed E-state index contributed by atoms with van der Waals surface area (Å²) in [5, 5.41) is 0. The van der Waals surface area contributed by atoms with Crippen LogP contribution in [0.4, 0.5) is 0 Å². The highest BCUT2D eigenvalue weighted by Crippen LogP contribution is 2.26. The molecule has 13 heavy (non-hydrogen) atoms. The van der Waals surface area contributed by atoms with Gasteiger partial charge in [0.25, 0.3) is 0 Å². The zero-order valence-corrected chi connectivity index (χ0v) is 7.24. The predicted octanol–water partition coefficient (Wildman–Crippen LogP) is 1.40. The summed E-state index contributed by atoms with van der Waals surface area (Å²) < 4.78 is 0. The molecule has 0 aliphatic carbocycles. The van der Waals surface area contributed by atoms with Crippen molar-refractivity contribution in [1.82, 2.24) is 0 Å². The minimum atomic E-state index is 0.0681. The van der Waals surface area contributed by atoms with Gasteiger partial charge >= 0.3 is 0 Å². The fourth-order valence-corrected chi connectivity index (χ4v) is 1.34. The Bertz CT molecular complexity index is 333. The average Bonchev–Trinajstić information content (AvgIpc) is 2.17. The molecule has 1 aliphatic rings. The first-order chi connectivity index (χ1) is 6.29. The van der Waals surface area contributed by atoms with Gasteiger partial charge in [0.15, 0.2) is 5.75 Å². The Morgan fingerprint density at radius 2 is 2.38 bits per heavy atom. The zero-order chi connectivity index (χ0) is 9.26. The molecule has 1 unspecified atom stereocenters. The smallest absolute Gasteiger partial charge is 0.233 e. The van der Waals surface area contributed by atoms with Gasteiger partial charge in [-0.15, -0.1) is 0 Å². The first-order valence-electron chi connectivity index (χ1n) is 4.14. The average molecular weight is 177 g/mol. The molecular formula is C10H9O3. The molecule has 0 spiro atoms. The number of carbonyl (C=O) groups excluding carboxylic acids is 1. The lowest BCUT2D eigenvalue weighted by atomic mass is 10.0. The maximum atomic E-state index is 10.3. The highest BCUT2D eigenvalue weighted by molar-refractivity contribution is 5.76. The second kappa shape index (κ2) is 3.18. The molecule has 1 aromatic carbocycles. The van der Waals surface area contributed by atoms with E-state index in [1.165, 1.54) is 0 Å². The van der Waals surface area contributed by atoms with Crippen LogP contribution >= 0.6 is 0 Å². The van der Waals surface area contributed by atoms with Crippen LogP contribution in [-0.4, -0.2) is 12.4 Å². The second-order valence-corrected chi connectivity index (χ2v) is 3.12. The molecule has 0 fully saturated rings. The van der Waals surface area contributed by atoms with Gasteiger partial charge in [-0.3, -0.25) is 4.79 Å². The van der Waals surface area contributed by atoms with Crippen LogP contribution in [0.15, 0.2) is 18.2 Å². The van der Waals surface area contributed by atoms with Crippen molar-refractivity contribution in [3.8, 4) is 5.75 Å². The van der Waals surface area contributed by atoms with E-state index < -0.39 is 0 Å². The molecule has 1 aromatic rings. The van der Waals surface area contributed by atoms with Gasteiger partial charge in [0.2, 0.25) is 6.29 Å². The minimum Gasteiger partial charge on any atom is -0.337 e. The third-order valence-corrected chi connectivity index (χ3v) is 1.99. The maximum absolute atomic E-state index is 10.3. The van der Waals surface area contributed by atoms with Crippen molar-refractivity contribution in [3.05, 3.63) is 29.3 Å². The molecule has 0 N–H and O–H groups in total. The van der Waals surface area contributed by atoms with Crippen molar-refractivity contribution in [1.29, 1.82) is 0 Å². The summed E-state index contributed by atoms with van der Waals surface area (Å²) in [5.74, 6) is 0.624. The third kappa shape index (κ3) is 1.55. The van der Waals surface area contributed by atoms with Crippen LogP contribution in [0.25, 0.3) is 0 Å². The molecule has 0 saturated heterocycles. The summed E-state index contributed by atoms with van der Waals surface area (Å²) >= 11 is 0. The Balaban J connectivity index is 2.36. The lowest BCUT2D eigenvalue weighted by Gasteiger charge is -2.20. The van der Waals surface area contributed by atoms with E-state index in [9.17, 15) is 4.79 Å². The zero-order valence-electron chi connectivity index (χ0n) is 7.24. The van der Waals surface area contributed by atoms with E-state index in [0.29, 0.717) is 11.3 Å². The van der Waals surface area contributed by atoms with Crippen molar-refractivity contribution in [2.45, 2.75) is 19.4 Å². The molecule has 2 rings (SSSR count). The Hall–Kier alpha value is -1.35. The number of rotatable bonds is 1. The van der Waals surface area contributed by atoms with E-state index >= 15 is 0 Å². The van der Waals surface area contributed by atoms with E-state index in [-0.39, 0.29) is 6.10 Å². The van der Waals surface area contributed by atoms with Gasteiger partial charge in [-0.1, -0.05) is 12.1 Å². The Morgan fingerprint density at radius 1 is 1.54 bits per heavy atom. The molecular weight excluding hydrogens is 168 g/mol. The van der Waals surface area contributed by atoms with E-state index in [4.69, 9.17) is 9.78 Å². The lowest BCUT2D eigenvalue weighted by Crippen LogP contribution is -2.20. The van der Waals surface area contributed by atoms with Crippen LogP contribution in [0.5, 0.6) is 5.75 Å². The SMILES string of the molecule is CC1Cc2ccc([C]=O)cc2OO1. The summed E-state index contributed by atoms with van der Waals surface area (Å²) in [6, 6.07) is 5.23. The van der Waals surface area contributed by atoms with Gasteiger partial charge in [-0.25, -0.2) is 0 Å². The van der Waals surface area contributed by atoms with Crippen molar-refractivity contribution < 1.29 is 14.6 Å².